The van der Waals surface area contributed by atoms with Crippen molar-refractivity contribution in [3.8, 4) is 0 Å². The van der Waals surface area contributed by atoms with E-state index in [9.17, 15) is 32.4 Å². The quantitative estimate of drug-likeness (QED) is 0.0286. The molecular formula is C63H84ClN9O14S2. The van der Waals surface area contributed by atoms with Gasteiger partial charge in [-0.1, -0.05) is 66.4 Å². The van der Waals surface area contributed by atoms with Gasteiger partial charge in [0, 0.05) is 86.9 Å². The Morgan fingerprint density at radius 2 is 1.44 bits per heavy atom. The number of carbonyl (C=O) groups excluding carboxylic acids is 8. The van der Waals surface area contributed by atoms with Gasteiger partial charge in [0.15, 0.2) is 0 Å². The molecule has 4 aromatic rings. The minimum atomic E-state index is -4.21. The standard InChI is InChI=1S/C63H84ClN9O14S2/c1-40(74)69-89(82,83)44-28-26-41(27-29-44)45-30-35-73(64)57-47(45)38-67-55(77)51(36-43-39-72(60(81)87-63(8,9)10)50-24-15-14-21-46(43)50)70(11)56(78)49(22-17-18-32-65-58(79)85-61(2,3)4)68-54(76)48(66-37-42-20-13-16-25-52(42)88-57)23-19-33-71(34-31-53(75)84-12)59(80)86-62(5,6)7/h13-16,20-21,24-30,39,48-49,51,66H,17-19,22-23,31-38H2,1-12H3,(H,65,79)(H,67,77)(H,68,76)(H,69,74)/t48-,49-,51-/m0/s1. The van der Waals surface area contributed by atoms with Gasteiger partial charge in [-0.2, -0.15) is 0 Å². The molecule has 0 radical (unpaired) electrons. The summed E-state index contributed by atoms with van der Waals surface area (Å²) in [4.78, 5) is 114. The molecule has 5 N–H and O–H groups in total. The van der Waals surface area contributed by atoms with Gasteiger partial charge in [-0.15, -0.1) is 0 Å². The third kappa shape index (κ3) is 20.7. The van der Waals surface area contributed by atoms with Crippen LogP contribution in [0.2, 0.25) is 0 Å². The zero-order valence-electron chi connectivity index (χ0n) is 52.7. The highest BCUT2D eigenvalue weighted by Gasteiger charge is 2.36. The van der Waals surface area contributed by atoms with Crippen molar-refractivity contribution in [1.29, 1.82) is 0 Å². The summed E-state index contributed by atoms with van der Waals surface area (Å²) in [6, 6.07) is 16.8. The molecule has 3 heterocycles. The molecule has 484 valence electrons. The van der Waals surface area contributed by atoms with Crippen LogP contribution in [0.4, 0.5) is 14.4 Å². The number of likely N-dealkylation sites (N-methyl/N-ethyl adjacent to an activating group) is 1. The van der Waals surface area contributed by atoms with Crippen molar-refractivity contribution < 1.29 is 65.7 Å². The van der Waals surface area contributed by atoms with Crippen LogP contribution in [0.3, 0.4) is 0 Å². The van der Waals surface area contributed by atoms with Gasteiger partial charge in [-0.3, -0.25) is 33.0 Å². The summed E-state index contributed by atoms with van der Waals surface area (Å²) in [7, 11) is -1.50. The number of rotatable bonds is 17. The average molecular weight is 1290 g/mol. The molecule has 0 unspecified atom stereocenters. The van der Waals surface area contributed by atoms with Crippen molar-refractivity contribution in [1.82, 2.24) is 44.8 Å². The van der Waals surface area contributed by atoms with E-state index >= 15 is 14.4 Å². The van der Waals surface area contributed by atoms with Gasteiger partial charge in [-0.25, -0.2) is 27.5 Å². The third-order valence-electron chi connectivity index (χ3n) is 14.0. The van der Waals surface area contributed by atoms with Gasteiger partial charge < -0.3 is 50.0 Å². The third-order valence-corrected chi connectivity index (χ3v) is 17.1. The smallest absolute Gasteiger partial charge is 0.419 e. The number of halogens is 1. The molecule has 3 aromatic carbocycles. The van der Waals surface area contributed by atoms with Crippen LogP contribution in [0.5, 0.6) is 0 Å². The summed E-state index contributed by atoms with van der Waals surface area (Å²) >= 11 is 8.47. The van der Waals surface area contributed by atoms with Crippen molar-refractivity contribution in [2.75, 3.05) is 46.9 Å². The van der Waals surface area contributed by atoms with Crippen LogP contribution < -0.4 is 26.0 Å². The second-order valence-electron chi connectivity index (χ2n) is 24.6. The number of alkyl carbamates (subject to hydrolysis) is 1. The number of carbonyl (C=O) groups is 8. The maximum absolute atomic E-state index is 15.6. The Hall–Kier alpha value is -7.61. The monoisotopic (exact) mass is 1290 g/mol. The summed E-state index contributed by atoms with van der Waals surface area (Å²) in [5.41, 5.74) is 0.886. The van der Waals surface area contributed by atoms with Gasteiger partial charge in [-0.05, 0) is 141 Å². The molecule has 23 nitrogen and oxygen atoms in total. The van der Waals surface area contributed by atoms with E-state index in [0.29, 0.717) is 55.9 Å². The highest BCUT2D eigenvalue weighted by atomic mass is 35.5. The van der Waals surface area contributed by atoms with Crippen molar-refractivity contribution in [3.05, 3.63) is 112 Å². The lowest BCUT2D eigenvalue weighted by Gasteiger charge is -2.32. The number of amides is 6. The number of methoxy groups -OCH3 is 1. The van der Waals surface area contributed by atoms with E-state index in [4.69, 9.17) is 30.7 Å². The number of esters is 1. The summed E-state index contributed by atoms with van der Waals surface area (Å²) in [5.74, 6) is -3.15. The number of hydrogen-bond donors (Lipinski definition) is 5. The van der Waals surface area contributed by atoms with Gasteiger partial charge in [0.2, 0.25) is 23.6 Å². The molecule has 0 fully saturated rings. The fourth-order valence-electron chi connectivity index (χ4n) is 9.81. The molecule has 0 bridgehead atoms. The van der Waals surface area contributed by atoms with E-state index in [-0.39, 0.29) is 76.3 Å². The molecule has 0 saturated carbocycles. The number of nitrogens with zero attached hydrogens (tertiary/aromatic N) is 4. The fraction of sp³-hybridized carbons (Fsp3) is 0.492. The minimum Gasteiger partial charge on any atom is -0.469 e. The molecule has 3 atom stereocenters. The number of nitrogens with one attached hydrogen (secondary N) is 5. The van der Waals surface area contributed by atoms with Crippen LogP contribution in [-0.4, -0.2) is 157 Å². The lowest BCUT2D eigenvalue weighted by Crippen LogP contribution is -2.57. The molecule has 0 spiro atoms. The maximum Gasteiger partial charge on any atom is 0.419 e. The van der Waals surface area contributed by atoms with Crippen molar-refractivity contribution in [2.24, 2.45) is 0 Å². The van der Waals surface area contributed by atoms with E-state index in [1.165, 1.54) is 56.8 Å². The molecule has 1 aromatic heterocycles. The summed E-state index contributed by atoms with van der Waals surface area (Å²) in [6.45, 7) is 17.0. The lowest BCUT2D eigenvalue weighted by molar-refractivity contribution is -0.142. The van der Waals surface area contributed by atoms with E-state index in [1.807, 2.05) is 35.1 Å². The highest BCUT2D eigenvalue weighted by Crippen LogP contribution is 2.42. The number of sulfonamides is 1. The van der Waals surface area contributed by atoms with E-state index in [0.717, 1.165) is 12.5 Å². The number of hydrogen-bond acceptors (Lipinski definition) is 17. The first-order chi connectivity index (χ1) is 41.7. The molecule has 6 amide bonds. The zero-order valence-corrected chi connectivity index (χ0v) is 55.1. The highest BCUT2D eigenvalue weighted by molar-refractivity contribution is 8.03. The van der Waals surface area contributed by atoms with Crippen LogP contribution in [0.25, 0.3) is 16.5 Å². The Kier molecular flexibility index (Phi) is 24.3. The zero-order chi connectivity index (χ0) is 65.6. The molecule has 0 saturated heterocycles. The number of para-hydroxylation sites is 1. The van der Waals surface area contributed by atoms with Gasteiger partial charge >= 0.3 is 24.2 Å². The molecule has 2 aliphatic rings. The van der Waals surface area contributed by atoms with Crippen molar-refractivity contribution in [2.45, 2.75) is 165 Å². The van der Waals surface area contributed by atoms with Crippen LogP contribution in [-0.2, 0) is 65.9 Å². The Balaban J connectivity index is 1.49. The predicted octanol–water partition coefficient (Wildman–Crippen LogP) is 8.52. The Morgan fingerprint density at radius 1 is 0.787 bits per heavy atom. The normalized spacial score (nSPS) is 17.5. The van der Waals surface area contributed by atoms with Gasteiger partial charge in [0.05, 0.1) is 41.6 Å². The maximum atomic E-state index is 15.6. The Labute approximate surface area is 530 Å². The first kappa shape index (κ1) is 70.5. The number of unbranched alkanes of at least 4 members (excludes halogenated alkanes) is 1. The van der Waals surface area contributed by atoms with E-state index in [2.05, 4.69) is 21.3 Å². The van der Waals surface area contributed by atoms with Crippen LogP contribution in [0.15, 0.2) is 105 Å². The van der Waals surface area contributed by atoms with Gasteiger partial charge in [0.25, 0.3) is 10.0 Å². The molecule has 0 aliphatic carbocycles. The van der Waals surface area contributed by atoms with Gasteiger partial charge in [0.1, 0.15) is 28.9 Å². The van der Waals surface area contributed by atoms with Crippen LogP contribution >= 0.6 is 23.5 Å². The van der Waals surface area contributed by atoms with Crippen molar-refractivity contribution in [3.63, 3.8) is 0 Å². The summed E-state index contributed by atoms with van der Waals surface area (Å²) < 4.78 is 52.8. The molecular weight excluding hydrogens is 1210 g/mol. The molecule has 2 aliphatic heterocycles. The van der Waals surface area contributed by atoms with E-state index < -0.39 is 92.8 Å². The number of fused-ring (bicyclic) bond motifs is 2. The molecule has 89 heavy (non-hydrogen) atoms. The second-order valence-corrected chi connectivity index (χ2v) is 27.7. The summed E-state index contributed by atoms with van der Waals surface area (Å²) in [6.07, 6.45) is 2.20. The lowest BCUT2D eigenvalue weighted by atomic mass is 9.96. The summed E-state index contributed by atoms with van der Waals surface area (Å²) in [5, 5.41) is 13.4. The SMILES string of the molecule is COC(=O)CCN(CCC[C@@H]1NCc2ccccc2SC2=C(CNC(=O)[C@H](Cc3cn(C(=O)OC(C)(C)C)c4ccccc34)N(C)C(=O)[C@H](CCCCNC(=O)OC(C)(C)C)NC1=O)C(c1ccc(S(=O)(=O)NC(C)=O)cc1)=CCN2Cl)C(=O)OC(C)(C)C. The number of benzene rings is 3. The Morgan fingerprint density at radius 3 is 2.10 bits per heavy atom. The first-order valence-electron chi connectivity index (χ1n) is 29.4. The topological polar surface area (TPSA) is 282 Å². The number of thioether (sulfide) groups is 1. The largest absolute Gasteiger partial charge is 0.469 e. The average Bonchev–Trinajstić information content (AvgIpc) is 2.08. The minimum absolute atomic E-state index is 0.0312. The molecule has 6 rings (SSSR count). The van der Waals surface area contributed by atoms with Crippen LogP contribution in [0.1, 0.15) is 124 Å². The van der Waals surface area contributed by atoms with E-state index in [1.54, 1.807) is 105 Å². The number of ether oxygens (including phenoxy) is 4. The fourth-order valence-corrected chi connectivity index (χ4v) is 12.2. The second kappa shape index (κ2) is 30.7. The number of aromatic nitrogens is 1. The predicted molar refractivity (Wildman–Crippen MR) is 338 cm³/mol. The molecule has 26 heteroatoms. The first-order valence-corrected chi connectivity index (χ1v) is 32.1. The van der Waals surface area contributed by atoms with Crippen LogP contribution in [0, 0.1) is 0 Å². The van der Waals surface area contributed by atoms with Crippen molar-refractivity contribution >= 4 is 97.9 Å². The Bertz CT molecular complexity index is 3420.